The maximum atomic E-state index is 12.1. The highest BCUT2D eigenvalue weighted by molar-refractivity contribution is 9.10. The molecule has 0 bridgehead atoms. The monoisotopic (exact) mass is 497 g/mol. The van der Waals surface area contributed by atoms with Gasteiger partial charge in [-0.2, -0.15) is 5.10 Å². The second-order valence-corrected chi connectivity index (χ2v) is 8.93. The Morgan fingerprint density at radius 2 is 1.76 bits per heavy atom. The van der Waals surface area contributed by atoms with Crippen molar-refractivity contribution < 1.29 is 9.90 Å². The Kier molecular flexibility index (Phi) is 5.30. The molecule has 5 aromatic rings. The molecule has 5 rings (SSSR count). The molecule has 5 nitrogen and oxygen atoms in total. The average molecular weight is 498 g/mol. The van der Waals surface area contributed by atoms with Crippen LogP contribution in [-0.2, 0) is 0 Å². The fourth-order valence-corrected chi connectivity index (χ4v) is 4.33. The van der Waals surface area contributed by atoms with Crippen molar-refractivity contribution in [1.82, 2.24) is 14.8 Å². The summed E-state index contributed by atoms with van der Waals surface area (Å²) in [6.07, 6.45) is 1.93. The van der Waals surface area contributed by atoms with Crippen molar-refractivity contribution in [3.8, 4) is 28.2 Å². The van der Waals surface area contributed by atoms with E-state index in [1.165, 1.54) is 0 Å². The highest BCUT2D eigenvalue weighted by Crippen LogP contribution is 2.34. The molecule has 0 aliphatic carbocycles. The first-order valence-electron chi connectivity index (χ1n) is 10.5. The van der Waals surface area contributed by atoms with Gasteiger partial charge in [0.15, 0.2) is 0 Å². The van der Waals surface area contributed by atoms with Crippen LogP contribution < -0.4 is 0 Å². The number of rotatable bonds is 4. The fourth-order valence-electron chi connectivity index (χ4n) is 3.97. The van der Waals surface area contributed by atoms with Crippen LogP contribution in [0.5, 0.6) is 0 Å². The lowest BCUT2D eigenvalue weighted by molar-refractivity contribution is 0.0699. The number of aryl methyl sites for hydroxylation is 2. The molecule has 0 saturated heterocycles. The van der Waals surface area contributed by atoms with Crippen LogP contribution in [0.1, 0.15) is 21.5 Å². The van der Waals surface area contributed by atoms with Gasteiger partial charge >= 0.3 is 5.97 Å². The zero-order valence-corrected chi connectivity index (χ0v) is 19.7. The molecule has 1 N–H and O–H groups in total. The number of hydrogen-bond donors (Lipinski definition) is 1. The number of nitrogens with zero attached hydrogens (tertiary/aromatic N) is 3. The Balaban J connectivity index is 1.80. The highest BCUT2D eigenvalue weighted by Gasteiger charge is 2.19. The van der Waals surface area contributed by atoms with Crippen molar-refractivity contribution in [1.29, 1.82) is 0 Å². The third kappa shape index (κ3) is 3.94. The number of benzene rings is 3. The molecule has 0 aliphatic rings. The molecule has 0 amide bonds. The van der Waals surface area contributed by atoms with Crippen LogP contribution in [0.25, 0.3) is 39.1 Å². The van der Waals surface area contributed by atoms with Crippen molar-refractivity contribution in [3.05, 3.63) is 100 Å². The number of carbonyl (C=O) groups is 1. The highest BCUT2D eigenvalue weighted by atomic mass is 79.9. The maximum absolute atomic E-state index is 12.1. The van der Waals surface area contributed by atoms with Gasteiger partial charge in [-0.25, -0.2) is 14.5 Å². The van der Waals surface area contributed by atoms with Gasteiger partial charge in [-0.05, 0) is 55.3 Å². The van der Waals surface area contributed by atoms with E-state index in [2.05, 4.69) is 34.1 Å². The molecular weight excluding hydrogens is 478 g/mol. The molecule has 0 radical (unpaired) electrons. The third-order valence-corrected chi connectivity index (χ3v) is 6.14. The van der Waals surface area contributed by atoms with Crippen LogP contribution in [0.3, 0.4) is 0 Å². The van der Waals surface area contributed by atoms with Crippen LogP contribution in [0.15, 0.2) is 83.5 Å². The molecule has 6 heteroatoms. The lowest BCUT2D eigenvalue weighted by atomic mass is 10.0. The quantitative estimate of drug-likeness (QED) is 0.295. The zero-order chi connectivity index (χ0) is 23.1. The molecule has 0 fully saturated rings. The van der Waals surface area contributed by atoms with E-state index in [0.717, 1.165) is 38.1 Å². The van der Waals surface area contributed by atoms with Gasteiger partial charge in [0.1, 0.15) is 5.69 Å². The topological polar surface area (TPSA) is 68.0 Å². The first kappa shape index (κ1) is 21.1. The molecule has 0 atom stereocenters. The van der Waals surface area contributed by atoms with Crippen LogP contribution >= 0.6 is 15.9 Å². The zero-order valence-electron chi connectivity index (χ0n) is 18.1. The minimum absolute atomic E-state index is 0.204. The summed E-state index contributed by atoms with van der Waals surface area (Å²) >= 11 is 3.43. The van der Waals surface area contributed by atoms with Gasteiger partial charge in [0.05, 0.1) is 22.5 Å². The number of aromatic carboxylic acids is 1. The van der Waals surface area contributed by atoms with Gasteiger partial charge in [0.25, 0.3) is 0 Å². The number of halogens is 1. The maximum Gasteiger partial charge on any atom is 0.336 e. The van der Waals surface area contributed by atoms with E-state index < -0.39 is 5.97 Å². The van der Waals surface area contributed by atoms with E-state index in [1.54, 1.807) is 12.1 Å². The molecular formula is C27H20BrN3O2. The molecule has 33 heavy (non-hydrogen) atoms. The molecule has 0 saturated carbocycles. The molecule has 2 heterocycles. The van der Waals surface area contributed by atoms with E-state index in [9.17, 15) is 9.90 Å². The summed E-state index contributed by atoms with van der Waals surface area (Å²) in [5.74, 6) is -0.995. The number of pyridine rings is 1. The van der Waals surface area contributed by atoms with Gasteiger partial charge in [-0.1, -0.05) is 58.4 Å². The average Bonchev–Trinajstić information content (AvgIpc) is 3.26. The Bertz CT molecular complexity index is 1520. The number of carboxylic acids is 1. The van der Waals surface area contributed by atoms with E-state index in [1.807, 2.05) is 67.2 Å². The summed E-state index contributed by atoms with van der Waals surface area (Å²) in [4.78, 5) is 16.9. The summed E-state index contributed by atoms with van der Waals surface area (Å²) in [6, 6.07) is 23.2. The minimum Gasteiger partial charge on any atom is -0.478 e. The van der Waals surface area contributed by atoms with Crippen molar-refractivity contribution in [2.24, 2.45) is 0 Å². The van der Waals surface area contributed by atoms with E-state index >= 15 is 0 Å². The molecule has 0 unspecified atom stereocenters. The van der Waals surface area contributed by atoms with Crippen molar-refractivity contribution in [3.63, 3.8) is 0 Å². The summed E-state index contributed by atoms with van der Waals surface area (Å²) in [6.45, 7) is 4.10. The molecule has 0 aliphatic heterocycles. The summed E-state index contributed by atoms with van der Waals surface area (Å²) in [5.41, 5.74) is 7.05. The number of carboxylic acid groups (broad SMARTS) is 1. The smallest absolute Gasteiger partial charge is 0.336 e. The Hall–Kier alpha value is -3.77. The van der Waals surface area contributed by atoms with Crippen molar-refractivity contribution in [2.75, 3.05) is 0 Å². The summed E-state index contributed by atoms with van der Waals surface area (Å²) in [7, 11) is 0. The van der Waals surface area contributed by atoms with Crippen LogP contribution in [0, 0.1) is 13.8 Å². The van der Waals surface area contributed by atoms with Gasteiger partial charge in [-0.3, -0.25) is 0 Å². The third-order valence-electron chi connectivity index (χ3n) is 5.65. The van der Waals surface area contributed by atoms with Gasteiger partial charge in [0, 0.05) is 27.2 Å². The second-order valence-electron chi connectivity index (χ2n) is 8.01. The molecule has 3 aromatic carbocycles. The van der Waals surface area contributed by atoms with Crippen LogP contribution in [0.4, 0.5) is 0 Å². The lowest BCUT2D eigenvalue weighted by Gasteiger charge is -2.08. The molecule has 0 spiro atoms. The number of hydrogen-bond acceptors (Lipinski definition) is 3. The van der Waals surface area contributed by atoms with E-state index in [0.29, 0.717) is 16.6 Å². The SMILES string of the molecule is Cc1ccc(C)c(-n2cc(-c3cc(C(=O)O)c4cc(Br)ccc4n3)c(-c3ccccc3)n2)c1. The summed E-state index contributed by atoms with van der Waals surface area (Å²) < 4.78 is 2.66. The van der Waals surface area contributed by atoms with E-state index in [-0.39, 0.29) is 5.56 Å². The minimum atomic E-state index is -0.995. The predicted molar refractivity (Wildman–Crippen MR) is 134 cm³/mol. The van der Waals surface area contributed by atoms with Crippen LogP contribution in [-0.4, -0.2) is 25.8 Å². The second kappa shape index (κ2) is 8.30. The van der Waals surface area contributed by atoms with Gasteiger partial charge in [0.2, 0.25) is 0 Å². The van der Waals surface area contributed by atoms with Gasteiger partial charge in [-0.15, -0.1) is 0 Å². The lowest BCUT2D eigenvalue weighted by Crippen LogP contribution is -2.00. The fraction of sp³-hybridized carbons (Fsp3) is 0.0741. The first-order valence-corrected chi connectivity index (χ1v) is 11.3. The van der Waals surface area contributed by atoms with Gasteiger partial charge < -0.3 is 5.11 Å². The Morgan fingerprint density at radius 1 is 0.970 bits per heavy atom. The van der Waals surface area contributed by atoms with Crippen molar-refractivity contribution >= 4 is 32.8 Å². The van der Waals surface area contributed by atoms with Crippen LogP contribution in [0.2, 0.25) is 0 Å². The first-order chi connectivity index (χ1) is 15.9. The largest absolute Gasteiger partial charge is 0.478 e. The van der Waals surface area contributed by atoms with Crippen molar-refractivity contribution in [2.45, 2.75) is 13.8 Å². The Morgan fingerprint density at radius 3 is 2.52 bits per heavy atom. The predicted octanol–water partition coefficient (Wildman–Crippen LogP) is 6.83. The number of fused-ring (bicyclic) bond motifs is 1. The Labute approximate surface area is 199 Å². The normalized spacial score (nSPS) is 11.1. The summed E-state index contributed by atoms with van der Waals surface area (Å²) in [5, 5.41) is 15.4. The molecule has 2 aromatic heterocycles. The number of aromatic nitrogens is 3. The van der Waals surface area contributed by atoms with E-state index in [4.69, 9.17) is 10.1 Å². The standard InChI is InChI=1S/C27H20BrN3O2/c1-16-8-9-17(2)25(12-16)31-15-22(26(30-31)18-6-4-3-5-7-18)24-14-21(27(32)33)20-13-19(28)10-11-23(20)29-24/h3-15H,1-2H3,(H,32,33). The molecule has 162 valence electrons.